The van der Waals surface area contributed by atoms with Crippen molar-refractivity contribution in [1.82, 2.24) is 0 Å². The number of hydrogen-bond acceptors (Lipinski definition) is 6. The third kappa shape index (κ3) is 5.96. The normalized spacial score (nSPS) is 14.3. The van der Waals surface area contributed by atoms with Gasteiger partial charge in [-0.1, -0.05) is 55.1 Å². The second-order valence-corrected chi connectivity index (χ2v) is 8.20. The molecule has 33 heavy (non-hydrogen) atoms. The van der Waals surface area contributed by atoms with E-state index < -0.39 is 24.1 Å². The molecule has 7 heteroatoms. The Hall–Kier alpha value is -3.25. The Labute approximate surface area is 198 Å². The molecule has 0 radical (unpaired) electrons. The second-order valence-electron chi connectivity index (χ2n) is 7.72. The highest BCUT2D eigenvalue weighted by atomic mass is 35.5. The maximum atomic E-state index is 11.5. The molecule has 174 valence electrons. The molecule has 0 aromatic heterocycles. The van der Waals surface area contributed by atoms with Gasteiger partial charge in [0.05, 0.1) is 0 Å². The summed E-state index contributed by atoms with van der Waals surface area (Å²) in [5, 5.41) is 2.44. The van der Waals surface area contributed by atoms with Gasteiger partial charge in [0.15, 0.2) is 0 Å². The van der Waals surface area contributed by atoms with Crippen molar-refractivity contribution in [1.29, 1.82) is 0 Å². The van der Waals surface area contributed by atoms with E-state index in [1.807, 2.05) is 30.3 Å². The summed E-state index contributed by atoms with van der Waals surface area (Å²) in [6, 6.07) is 7.75. The van der Waals surface area contributed by atoms with Crippen LogP contribution in [0.3, 0.4) is 0 Å². The lowest BCUT2D eigenvalue weighted by atomic mass is 9.90. The predicted molar refractivity (Wildman–Crippen MR) is 128 cm³/mol. The van der Waals surface area contributed by atoms with E-state index in [9.17, 15) is 9.59 Å². The number of ether oxygens (including phenoxy) is 4. The summed E-state index contributed by atoms with van der Waals surface area (Å²) in [7, 11) is 0. The van der Waals surface area contributed by atoms with Crippen LogP contribution in [0.15, 0.2) is 60.7 Å². The largest absolute Gasteiger partial charge is 0.489 e. The number of halogens is 1. The van der Waals surface area contributed by atoms with E-state index in [1.165, 1.54) is 0 Å². The zero-order chi connectivity index (χ0) is 24.0. The molecule has 0 spiro atoms. The van der Waals surface area contributed by atoms with E-state index in [-0.39, 0.29) is 13.2 Å². The van der Waals surface area contributed by atoms with E-state index >= 15 is 0 Å². The minimum atomic E-state index is -0.501. The Kier molecular flexibility index (Phi) is 8.17. The van der Waals surface area contributed by atoms with Crippen molar-refractivity contribution < 1.29 is 28.5 Å². The van der Waals surface area contributed by atoms with Gasteiger partial charge in [0.25, 0.3) is 0 Å². The van der Waals surface area contributed by atoms with Gasteiger partial charge in [-0.3, -0.25) is 0 Å². The first-order valence-electron chi connectivity index (χ1n) is 10.7. The highest BCUT2D eigenvalue weighted by Gasteiger charge is 2.25. The summed E-state index contributed by atoms with van der Waals surface area (Å²) >= 11 is 6.39. The summed E-state index contributed by atoms with van der Waals surface area (Å²) in [5.41, 5.74) is 1.89. The molecule has 2 unspecified atom stereocenters. The molecule has 0 aliphatic heterocycles. The van der Waals surface area contributed by atoms with Crippen LogP contribution in [-0.2, 0) is 31.9 Å². The summed E-state index contributed by atoms with van der Waals surface area (Å²) in [6.45, 7) is 10.7. The maximum Gasteiger partial charge on any atom is 0.330 e. The molecule has 0 bridgehead atoms. The molecule has 3 rings (SSSR count). The van der Waals surface area contributed by atoms with Crippen molar-refractivity contribution in [2.45, 2.75) is 38.9 Å². The van der Waals surface area contributed by atoms with Crippen LogP contribution in [0.4, 0.5) is 0 Å². The van der Waals surface area contributed by atoms with Gasteiger partial charge in [-0.15, -0.1) is 0 Å². The Morgan fingerprint density at radius 1 is 0.939 bits per heavy atom. The molecular formula is C26H27ClO6. The molecule has 2 atom stereocenters. The number of carbonyl (C=O) groups excluding carboxylic acids is 2. The van der Waals surface area contributed by atoms with Crippen molar-refractivity contribution in [3.8, 4) is 11.5 Å². The quantitative estimate of drug-likeness (QED) is 0.357. The highest BCUT2D eigenvalue weighted by molar-refractivity contribution is 6.30. The van der Waals surface area contributed by atoms with Crippen molar-refractivity contribution in [2.75, 3.05) is 13.2 Å². The first-order chi connectivity index (χ1) is 15.8. The van der Waals surface area contributed by atoms with Gasteiger partial charge in [-0.25, -0.2) is 9.59 Å². The molecule has 0 N–H and O–H groups in total. The lowest BCUT2D eigenvalue weighted by Gasteiger charge is -2.25. The van der Waals surface area contributed by atoms with Gasteiger partial charge in [0, 0.05) is 45.5 Å². The average Bonchev–Trinajstić information content (AvgIpc) is 2.80. The van der Waals surface area contributed by atoms with Crippen molar-refractivity contribution in [3.63, 3.8) is 0 Å². The van der Waals surface area contributed by atoms with Gasteiger partial charge < -0.3 is 18.9 Å². The van der Waals surface area contributed by atoms with Crippen molar-refractivity contribution in [2.24, 2.45) is 0 Å². The number of fused-ring (bicyclic) bond motifs is 2. The van der Waals surface area contributed by atoms with Gasteiger partial charge in [-0.2, -0.15) is 0 Å². The van der Waals surface area contributed by atoms with E-state index in [4.69, 9.17) is 30.5 Å². The summed E-state index contributed by atoms with van der Waals surface area (Å²) in [5.74, 6) is 0.398. The number of benzene rings is 2. The standard InChI is InChI=1S/C26H27ClO6/c1-5-23(28)32-16(3)14-30-25-19-9-7-8-10-20(19)26(22-13-18(27)11-12-21(22)25)31-15-17(4)33-24(29)6-2/h5-11,16-17H,1-2,12-15H2,3-4H3. The zero-order valence-electron chi connectivity index (χ0n) is 18.8. The Morgan fingerprint density at radius 3 is 1.91 bits per heavy atom. The Bertz CT molecular complexity index is 1100. The van der Waals surface area contributed by atoms with E-state index in [0.29, 0.717) is 29.4 Å². The second kappa shape index (κ2) is 11.1. The third-order valence-electron chi connectivity index (χ3n) is 5.09. The van der Waals surface area contributed by atoms with Gasteiger partial charge in [0.1, 0.15) is 36.9 Å². The smallest absolute Gasteiger partial charge is 0.330 e. The summed E-state index contributed by atoms with van der Waals surface area (Å²) in [4.78, 5) is 23.0. The minimum absolute atomic E-state index is 0.173. The SMILES string of the molecule is C=CC(=O)OC(C)COc1c2c(c(OCC(C)OC(=O)C=C)c3ccccc13)CC(Cl)=CC2. The van der Waals surface area contributed by atoms with Gasteiger partial charge in [-0.05, 0) is 20.3 Å². The fourth-order valence-corrected chi connectivity index (χ4v) is 3.84. The molecule has 1 aliphatic carbocycles. The predicted octanol–water partition coefficient (Wildman–Crippen LogP) is 5.05. The van der Waals surface area contributed by atoms with Crippen LogP contribution in [0.2, 0.25) is 0 Å². The lowest BCUT2D eigenvalue weighted by molar-refractivity contribution is -0.144. The molecule has 6 nitrogen and oxygen atoms in total. The molecule has 0 heterocycles. The van der Waals surface area contributed by atoms with E-state index in [2.05, 4.69) is 13.2 Å². The van der Waals surface area contributed by atoms with Crippen molar-refractivity contribution >= 4 is 34.3 Å². The van der Waals surface area contributed by atoms with Crippen LogP contribution in [0, 0.1) is 0 Å². The van der Waals surface area contributed by atoms with Gasteiger partial charge >= 0.3 is 11.9 Å². The maximum absolute atomic E-state index is 11.5. The van der Waals surface area contributed by atoms with Crippen LogP contribution in [0.1, 0.15) is 25.0 Å². The van der Waals surface area contributed by atoms with Crippen LogP contribution < -0.4 is 9.47 Å². The molecule has 2 aromatic carbocycles. The fourth-order valence-electron chi connectivity index (χ4n) is 3.63. The molecule has 0 fully saturated rings. The van der Waals surface area contributed by atoms with Crippen LogP contribution in [-0.4, -0.2) is 37.4 Å². The summed E-state index contributed by atoms with van der Waals surface area (Å²) in [6.07, 6.45) is 4.35. The number of esters is 2. The first kappa shape index (κ1) is 24.4. The Balaban J connectivity index is 1.96. The number of hydrogen-bond donors (Lipinski definition) is 0. The monoisotopic (exact) mass is 470 g/mol. The first-order valence-corrected chi connectivity index (χ1v) is 11.0. The molecule has 1 aliphatic rings. The molecule has 2 aromatic rings. The van der Waals surface area contributed by atoms with Crippen LogP contribution >= 0.6 is 11.6 Å². The number of carbonyl (C=O) groups is 2. The van der Waals surface area contributed by atoms with Crippen LogP contribution in [0.25, 0.3) is 10.8 Å². The molecule has 0 amide bonds. The van der Waals surface area contributed by atoms with E-state index in [0.717, 1.165) is 34.1 Å². The Morgan fingerprint density at radius 2 is 1.42 bits per heavy atom. The fraction of sp³-hybridized carbons (Fsp3) is 0.308. The third-order valence-corrected chi connectivity index (χ3v) is 5.38. The van der Waals surface area contributed by atoms with Crippen LogP contribution in [0.5, 0.6) is 11.5 Å². The zero-order valence-corrected chi connectivity index (χ0v) is 19.5. The topological polar surface area (TPSA) is 71.1 Å². The number of rotatable bonds is 10. The van der Waals surface area contributed by atoms with E-state index in [1.54, 1.807) is 13.8 Å². The molecule has 0 saturated heterocycles. The molecular weight excluding hydrogens is 444 g/mol. The lowest BCUT2D eigenvalue weighted by Crippen LogP contribution is -2.23. The van der Waals surface area contributed by atoms with Gasteiger partial charge in [0.2, 0.25) is 0 Å². The number of allylic oxidation sites excluding steroid dienone is 2. The average molecular weight is 471 g/mol. The highest BCUT2D eigenvalue weighted by Crippen LogP contribution is 2.44. The minimum Gasteiger partial charge on any atom is -0.489 e. The summed E-state index contributed by atoms with van der Waals surface area (Å²) < 4.78 is 22.8. The molecule has 0 saturated carbocycles. The van der Waals surface area contributed by atoms with Crippen molar-refractivity contribution in [3.05, 3.63) is 71.8 Å².